The van der Waals surface area contributed by atoms with Crippen molar-refractivity contribution >= 4 is 22.5 Å². The van der Waals surface area contributed by atoms with Crippen LogP contribution in [0.25, 0.3) is 10.9 Å². The third-order valence-corrected chi connectivity index (χ3v) is 6.19. The molecule has 3 aliphatic rings. The second-order valence-corrected chi connectivity index (χ2v) is 8.20. The van der Waals surface area contributed by atoms with Crippen molar-refractivity contribution in [1.29, 1.82) is 5.26 Å². The van der Waals surface area contributed by atoms with Gasteiger partial charge >= 0.3 is 0 Å². The molecule has 2 aromatic rings. The molecule has 0 N–H and O–H groups in total. The quantitative estimate of drug-likeness (QED) is 0.781. The zero-order chi connectivity index (χ0) is 20.7. The van der Waals surface area contributed by atoms with Crippen LogP contribution in [0.1, 0.15) is 24.8 Å². The molecule has 5 rings (SSSR count). The summed E-state index contributed by atoms with van der Waals surface area (Å²) in [6.07, 6.45) is 4.90. The van der Waals surface area contributed by atoms with Gasteiger partial charge in [-0.3, -0.25) is 9.59 Å². The third-order valence-electron chi connectivity index (χ3n) is 6.19. The van der Waals surface area contributed by atoms with E-state index < -0.39 is 0 Å². The van der Waals surface area contributed by atoms with Crippen LogP contribution in [0.3, 0.4) is 0 Å². The molecule has 1 aromatic carbocycles. The van der Waals surface area contributed by atoms with Crippen LogP contribution in [-0.4, -0.2) is 48.2 Å². The molecule has 0 bridgehead atoms. The van der Waals surface area contributed by atoms with E-state index in [0.29, 0.717) is 56.7 Å². The Labute approximate surface area is 174 Å². The summed E-state index contributed by atoms with van der Waals surface area (Å²) in [5, 5.41) is 10.8. The van der Waals surface area contributed by atoms with E-state index in [1.54, 1.807) is 9.47 Å². The van der Waals surface area contributed by atoms with Gasteiger partial charge in [0.1, 0.15) is 11.6 Å². The number of piperazine rings is 1. The van der Waals surface area contributed by atoms with Gasteiger partial charge in [-0.1, -0.05) is 18.2 Å². The SMILES string of the molecule is N#Cc1c(N2CCN(C(=O)C3=CCCO3)CC2)c2ccccc2n(CC2CC2)c1=O. The largest absolute Gasteiger partial charge is 0.488 e. The van der Waals surface area contributed by atoms with E-state index >= 15 is 0 Å². The molecule has 1 saturated carbocycles. The molecule has 1 aliphatic carbocycles. The van der Waals surface area contributed by atoms with Crippen LogP contribution in [0, 0.1) is 17.2 Å². The predicted molar refractivity (Wildman–Crippen MR) is 113 cm³/mol. The van der Waals surface area contributed by atoms with Crippen LogP contribution in [0.15, 0.2) is 40.9 Å². The Bertz CT molecular complexity index is 1130. The molecule has 7 heteroatoms. The first kappa shape index (κ1) is 18.7. The van der Waals surface area contributed by atoms with Gasteiger partial charge in [0.15, 0.2) is 5.76 Å². The molecule has 1 aromatic heterocycles. The molecule has 0 atom stereocenters. The first-order valence-corrected chi connectivity index (χ1v) is 10.6. The summed E-state index contributed by atoms with van der Waals surface area (Å²) in [7, 11) is 0. The topological polar surface area (TPSA) is 78.6 Å². The highest BCUT2D eigenvalue weighted by Gasteiger charge is 2.30. The summed E-state index contributed by atoms with van der Waals surface area (Å²) >= 11 is 0. The summed E-state index contributed by atoms with van der Waals surface area (Å²) in [5.41, 5.74) is 1.58. The number of aromatic nitrogens is 1. The molecule has 7 nitrogen and oxygen atoms in total. The standard InChI is InChI=1S/C23H24N4O3/c24-14-18-21(25-9-11-26(12-10-25)23(29)20-6-3-13-30-20)17-4-1-2-5-19(17)27(22(18)28)15-16-7-8-16/h1-2,4-6,16H,3,7-13,15H2. The van der Waals surface area contributed by atoms with Crippen molar-refractivity contribution in [2.75, 3.05) is 37.7 Å². The number of hydrogen-bond acceptors (Lipinski definition) is 5. The molecule has 3 heterocycles. The summed E-state index contributed by atoms with van der Waals surface area (Å²) in [6.45, 7) is 3.45. The molecular formula is C23H24N4O3. The van der Waals surface area contributed by atoms with E-state index in [1.165, 1.54) is 0 Å². The Morgan fingerprint density at radius 2 is 1.93 bits per heavy atom. The highest BCUT2D eigenvalue weighted by atomic mass is 16.5. The number of anilines is 1. The van der Waals surface area contributed by atoms with Crippen molar-refractivity contribution in [2.24, 2.45) is 5.92 Å². The molecule has 1 amide bonds. The van der Waals surface area contributed by atoms with Gasteiger partial charge in [0.25, 0.3) is 11.5 Å². The number of nitriles is 1. The normalized spacial score (nSPS) is 18.8. The van der Waals surface area contributed by atoms with E-state index in [-0.39, 0.29) is 17.0 Å². The van der Waals surface area contributed by atoms with Gasteiger partial charge in [0.05, 0.1) is 17.8 Å². The van der Waals surface area contributed by atoms with Crippen LogP contribution in [0.5, 0.6) is 0 Å². The first-order chi connectivity index (χ1) is 14.7. The van der Waals surface area contributed by atoms with Gasteiger partial charge < -0.3 is 19.1 Å². The second-order valence-electron chi connectivity index (χ2n) is 8.20. The van der Waals surface area contributed by atoms with Gasteiger partial charge in [0.2, 0.25) is 0 Å². The number of carbonyl (C=O) groups excluding carboxylic acids is 1. The van der Waals surface area contributed by atoms with Crippen molar-refractivity contribution < 1.29 is 9.53 Å². The fraction of sp³-hybridized carbons (Fsp3) is 0.435. The lowest BCUT2D eigenvalue weighted by Gasteiger charge is -2.37. The lowest BCUT2D eigenvalue weighted by Crippen LogP contribution is -2.50. The maximum atomic E-state index is 13.2. The maximum absolute atomic E-state index is 13.2. The van der Waals surface area contributed by atoms with E-state index in [4.69, 9.17) is 4.74 Å². The van der Waals surface area contributed by atoms with Crippen molar-refractivity contribution in [3.05, 3.63) is 52.0 Å². The molecule has 2 aliphatic heterocycles. The summed E-state index contributed by atoms with van der Waals surface area (Å²) in [6, 6.07) is 10.0. The number of hydrogen-bond donors (Lipinski definition) is 0. The molecule has 2 fully saturated rings. The average Bonchev–Trinajstić information content (AvgIpc) is 3.44. The number of carbonyl (C=O) groups is 1. The number of nitrogens with zero attached hydrogens (tertiary/aromatic N) is 4. The van der Waals surface area contributed by atoms with Crippen LogP contribution in [0.4, 0.5) is 5.69 Å². The second kappa shape index (κ2) is 7.52. The zero-order valence-corrected chi connectivity index (χ0v) is 16.8. The number of rotatable bonds is 4. The third kappa shape index (κ3) is 3.22. The molecule has 0 radical (unpaired) electrons. The lowest BCUT2D eigenvalue weighted by molar-refractivity contribution is -0.130. The van der Waals surface area contributed by atoms with Crippen LogP contribution >= 0.6 is 0 Å². The maximum Gasteiger partial charge on any atom is 0.288 e. The van der Waals surface area contributed by atoms with Gasteiger partial charge in [-0.25, -0.2) is 0 Å². The fourth-order valence-electron chi connectivity index (χ4n) is 4.41. The number of amides is 1. The molecular weight excluding hydrogens is 380 g/mol. The van der Waals surface area contributed by atoms with E-state index in [0.717, 1.165) is 30.2 Å². The lowest BCUT2D eigenvalue weighted by atomic mass is 10.1. The smallest absolute Gasteiger partial charge is 0.288 e. The summed E-state index contributed by atoms with van der Waals surface area (Å²) in [5.74, 6) is 0.900. The average molecular weight is 404 g/mol. The van der Waals surface area contributed by atoms with Crippen molar-refractivity contribution in [3.63, 3.8) is 0 Å². The molecule has 1 saturated heterocycles. The van der Waals surface area contributed by atoms with Gasteiger partial charge in [-0.15, -0.1) is 0 Å². The minimum Gasteiger partial charge on any atom is -0.488 e. The fourth-order valence-corrected chi connectivity index (χ4v) is 4.41. The summed E-state index contributed by atoms with van der Waals surface area (Å²) in [4.78, 5) is 29.7. The van der Waals surface area contributed by atoms with Gasteiger partial charge in [0, 0.05) is 44.5 Å². The Kier molecular flexibility index (Phi) is 4.70. The number of pyridine rings is 1. The van der Waals surface area contributed by atoms with E-state index in [1.807, 2.05) is 30.3 Å². The van der Waals surface area contributed by atoms with Gasteiger partial charge in [-0.2, -0.15) is 5.26 Å². The highest BCUT2D eigenvalue weighted by molar-refractivity contribution is 5.95. The Morgan fingerprint density at radius 1 is 1.17 bits per heavy atom. The molecule has 0 unspecified atom stereocenters. The van der Waals surface area contributed by atoms with Gasteiger partial charge in [-0.05, 0) is 30.9 Å². The van der Waals surface area contributed by atoms with Crippen molar-refractivity contribution in [1.82, 2.24) is 9.47 Å². The predicted octanol–water partition coefficient (Wildman–Crippen LogP) is 2.24. The first-order valence-electron chi connectivity index (χ1n) is 10.6. The van der Waals surface area contributed by atoms with E-state index in [9.17, 15) is 14.9 Å². The van der Waals surface area contributed by atoms with E-state index in [2.05, 4.69) is 11.0 Å². The minimum atomic E-state index is -0.207. The molecule has 0 spiro atoms. The Hall–Kier alpha value is -3.27. The number of para-hydroxylation sites is 1. The summed E-state index contributed by atoms with van der Waals surface area (Å²) < 4.78 is 7.18. The van der Waals surface area contributed by atoms with Crippen LogP contribution < -0.4 is 10.5 Å². The number of fused-ring (bicyclic) bond motifs is 1. The van der Waals surface area contributed by atoms with Crippen LogP contribution in [0.2, 0.25) is 0 Å². The number of benzene rings is 1. The molecule has 30 heavy (non-hydrogen) atoms. The van der Waals surface area contributed by atoms with Crippen molar-refractivity contribution in [2.45, 2.75) is 25.8 Å². The Balaban J connectivity index is 1.48. The monoisotopic (exact) mass is 404 g/mol. The zero-order valence-electron chi connectivity index (χ0n) is 16.8. The van der Waals surface area contributed by atoms with Crippen molar-refractivity contribution in [3.8, 4) is 6.07 Å². The Morgan fingerprint density at radius 3 is 2.60 bits per heavy atom. The minimum absolute atomic E-state index is 0.0719. The van der Waals surface area contributed by atoms with Crippen LogP contribution in [-0.2, 0) is 16.1 Å². The molecule has 154 valence electrons. The number of ether oxygens (including phenoxy) is 1. The highest BCUT2D eigenvalue weighted by Crippen LogP contribution is 2.34.